The Hall–Kier alpha value is -0.410. The van der Waals surface area contributed by atoms with Crippen LogP contribution in [-0.4, -0.2) is 11.8 Å². The molecule has 0 aliphatic heterocycles. The molecule has 0 radical (unpaired) electrons. The molecule has 1 N–H and O–H groups in total. The van der Waals surface area contributed by atoms with Gasteiger partial charge in [0, 0.05) is 5.54 Å². The first-order valence-corrected chi connectivity index (χ1v) is 6.78. The molecule has 3 heteroatoms. The molecule has 1 rings (SSSR count). The lowest BCUT2D eigenvalue weighted by Gasteiger charge is -2.23. The third-order valence-electron chi connectivity index (χ3n) is 2.63. The van der Waals surface area contributed by atoms with E-state index in [1.54, 1.807) is 11.8 Å². The SMILES string of the molecule is CCC(C)(C)NCc1ccc(CSC)o1. The fourth-order valence-corrected chi connectivity index (χ4v) is 1.63. The van der Waals surface area contributed by atoms with Crippen LogP contribution < -0.4 is 5.32 Å². The van der Waals surface area contributed by atoms with Gasteiger partial charge in [0.25, 0.3) is 0 Å². The first kappa shape index (κ1) is 12.7. The maximum atomic E-state index is 5.68. The molecule has 0 spiro atoms. The standard InChI is InChI=1S/C12H21NOS/c1-5-12(2,3)13-8-10-6-7-11(14-10)9-15-4/h6-7,13H,5,8-9H2,1-4H3. The summed E-state index contributed by atoms with van der Waals surface area (Å²) >= 11 is 1.78. The molecule has 2 nitrogen and oxygen atoms in total. The van der Waals surface area contributed by atoms with E-state index in [4.69, 9.17) is 4.42 Å². The maximum absolute atomic E-state index is 5.68. The molecule has 86 valence electrons. The molecule has 1 aromatic rings. The lowest BCUT2D eigenvalue weighted by atomic mass is 10.0. The van der Waals surface area contributed by atoms with Crippen LogP contribution in [0.1, 0.15) is 38.7 Å². The highest BCUT2D eigenvalue weighted by Gasteiger charge is 2.14. The minimum absolute atomic E-state index is 0.187. The van der Waals surface area contributed by atoms with Gasteiger partial charge in [0.1, 0.15) is 11.5 Å². The van der Waals surface area contributed by atoms with Gasteiger partial charge in [-0.1, -0.05) is 6.92 Å². The Bertz CT molecular complexity index is 294. The fraction of sp³-hybridized carbons (Fsp3) is 0.667. The molecule has 0 saturated heterocycles. The second kappa shape index (κ2) is 5.61. The minimum atomic E-state index is 0.187. The Morgan fingerprint density at radius 3 is 2.60 bits per heavy atom. The predicted octanol–water partition coefficient (Wildman–Crippen LogP) is 3.42. The van der Waals surface area contributed by atoms with E-state index in [0.29, 0.717) is 0 Å². The summed E-state index contributed by atoms with van der Waals surface area (Å²) in [5.74, 6) is 3.05. The molecule has 0 aromatic carbocycles. The maximum Gasteiger partial charge on any atom is 0.118 e. The third kappa shape index (κ3) is 4.31. The second-order valence-corrected chi connectivity index (χ2v) is 5.26. The van der Waals surface area contributed by atoms with Crippen molar-refractivity contribution in [3.63, 3.8) is 0 Å². The van der Waals surface area contributed by atoms with Crippen molar-refractivity contribution in [2.24, 2.45) is 0 Å². The van der Waals surface area contributed by atoms with Crippen LogP contribution in [0.2, 0.25) is 0 Å². The smallest absolute Gasteiger partial charge is 0.118 e. The Labute approximate surface area is 96.8 Å². The van der Waals surface area contributed by atoms with Crippen molar-refractivity contribution in [2.75, 3.05) is 6.26 Å². The third-order valence-corrected chi connectivity index (χ3v) is 3.20. The lowest BCUT2D eigenvalue weighted by Crippen LogP contribution is -2.37. The first-order chi connectivity index (χ1) is 7.07. The molecule has 0 atom stereocenters. The Balaban J connectivity index is 2.44. The van der Waals surface area contributed by atoms with E-state index in [9.17, 15) is 0 Å². The molecule has 0 aliphatic rings. The van der Waals surface area contributed by atoms with Gasteiger partial charge in [-0.05, 0) is 38.7 Å². The van der Waals surface area contributed by atoms with Crippen LogP contribution in [0.5, 0.6) is 0 Å². The highest BCUT2D eigenvalue weighted by atomic mass is 32.2. The normalized spacial score (nSPS) is 12.0. The van der Waals surface area contributed by atoms with Crippen molar-refractivity contribution in [2.45, 2.75) is 45.0 Å². The Morgan fingerprint density at radius 2 is 2.00 bits per heavy atom. The van der Waals surface area contributed by atoms with E-state index in [1.165, 1.54) is 0 Å². The first-order valence-electron chi connectivity index (χ1n) is 5.39. The molecule has 0 amide bonds. The molecule has 0 bridgehead atoms. The van der Waals surface area contributed by atoms with Crippen LogP contribution in [0.15, 0.2) is 16.5 Å². The van der Waals surface area contributed by atoms with E-state index in [-0.39, 0.29) is 5.54 Å². The van der Waals surface area contributed by atoms with Crippen LogP contribution in [0.4, 0.5) is 0 Å². The predicted molar refractivity (Wildman–Crippen MR) is 67.1 cm³/mol. The van der Waals surface area contributed by atoms with Crippen molar-refractivity contribution in [3.8, 4) is 0 Å². The van der Waals surface area contributed by atoms with E-state index >= 15 is 0 Å². The van der Waals surface area contributed by atoms with Crippen molar-refractivity contribution in [3.05, 3.63) is 23.7 Å². The zero-order valence-corrected chi connectivity index (χ0v) is 10.9. The molecule has 0 saturated carbocycles. The van der Waals surface area contributed by atoms with Crippen LogP contribution >= 0.6 is 11.8 Å². The van der Waals surface area contributed by atoms with Gasteiger partial charge < -0.3 is 9.73 Å². The van der Waals surface area contributed by atoms with Gasteiger partial charge in [-0.2, -0.15) is 11.8 Å². The van der Waals surface area contributed by atoms with Crippen LogP contribution in [0.25, 0.3) is 0 Å². The molecule has 0 fully saturated rings. The van der Waals surface area contributed by atoms with Crippen molar-refractivity contribution in [1.82, 2.24) is 5.32 Å². The minimum Gasteiger partial charge on any atom is -0.464 e. The van der Waals surface area contributed by atoms with Gasteiger partial charge in [-0.3, -0.25) is 0 Å². The molecule has 15 heavy (non-hydrogen) atoms. The summed E-state index contributed by atoms with van der Waals surface area (Å²) in [6.45, 7) is 7.42. The van der Waals surface area contributed by atoms with Crippen molar-refractivity contribution in [1.29, 1.82) is 0 Å². The van der Waals surface area contributed by atoms with Crippen LogP contribution in [0.3, 0.4) is 0 Å². The summed E-state index contributed by atoms with van der Waals surface area (Å²) < 4.78 is 5.68. The second-order valence-electron chi connectivity index (χ2n) is 4.39. The largest absolute Gasteiger partial charge is 0.464 e. The molecule has 0 aliphatic carbocycles. The van der Waals surface area contributed by atoms with E-state index in [0.717, 1.165) is 30.2 Å². The average Bonchev–Trinajstić information content (AvgIpc) is 2.64. The van der Waals surface area contributed by atoms with Gasteiger partial charge in [-0.25, -0.2) is 0 Å². The Morgan fingerprint density at radius 1 is 1.33 bits per heavy atom. The molecule has 1 aromatic heterocycles. The molecular formula is C12H21NOS. The van der Waals surface area contributed by atoms with Gasteiger partial charge >= 0.3 is 0 Å². The van der Waals surface area contributed by atoms with Crippen LogP contribution in [0, 0.1) is 0 Å². The summed E-state index contributed by atoms with van der Waals surface area (Å²) in [6.07, 6.45) is 3.20. The van der Waals surface area contributed by atoms with E-state index in [2.05, 4.69) is 44.5 Å². The average molecular weight is 227 g/mol. The Kier molecular flexibility index (Phi) is 4.74. The number of hydrogen-bond donors (Lipinski definition) is 1. The monoisotopic (exact) mass is 227 g/mol. The number of thioether (sulfide) groups is 1. The summed E-state index contributed by atoms with van der Waals surface area (Å²) in [5, 5.41) is 3.48. The zero-order valence-electron chi connectivity index (χ0n) is 10.1. The highest BCUT2D eigenvalue weighted by Crippen LogP contribution is 2.15. The van der Waals surface area contributed by atoms with Crippen molar-refractivity contribution >= 4 is 11.8 Å². The van der Waals surface area contributed by atoms with Crippen molar-refractivity contribution < 1.29 is 4.42 Å². The van der Waals surface area contributed by atoms with Gasteiger partial charge in [0.2, 0.25) is 0 Å². The van der Waals surface area contributed by atoms with Gasteiger partial charge in [-0.15, -0.1) is 0 Å². The number of nitrogens with one attached hydrogen (secondary N) is 1. The van der Waals surface area contributed by atoms with Crippen LogP contribution in [-0.2, 0) is 12.3 Å². The number of rotatable bonds is 6. The van der Waals surface area contributed by atoms with Gasteiger partial charge in [0.05, 0.1) is 12.3 Å². The number of furan rings is 1. The molecule has 0 unspecified atom stereocenters. The zero-order chi connectivity index (χ0) is 11.3. The summed E-state index contributed by atoms with van der Waals surface area (Å²) in [6, 6.07) is 4.12. The van der Waals surface area contributed by atoms with E-state index < -0.39 is 0 Å². The quantitative estimate of drug-likeness (QED) is 0.806. The molecular weight excluding hydrogens is 206 g/mol. The fourth-order valence-electron chi connectivity index (χ4n) is 1.19. The summed E-state index contributed by atoms with van der Waals surface area (Å²) in [7, 11) is 0. The number of hydrogen-bond acceptors (Lipinski definition) is 3. The van der Waals surface area contributed by atoms with Gasteiger partial charge in [0.15, 0.2) is 0 Å². The topological polar surface area (TPSA) is 25.2 Å². The van der Waals surface area contributed by atoms with E-state index in [1.807, 2.05) is 0 Å². The lowest BCUT2D eigenvalue weighted by molar-refractivity contribution is 0.348. The highest BCUT2D eigenvalue weighted by molar-refractivity contribution is 7.97. The summed E-state index contributed by atoms with van der Waals surface area (Å²) in [5.41, 5.74) is 0.187. The molecule has 1 heterocycles. The summed E-state index contributed by atoms with van der Waals surface area (Å²) in [4.78, 5) is 0.